The number of hydrogen-bond donors (Lipinski definition) is 6. The average molecular weight is 1470 g/mol. The number of aromatic nitrogens is 9. The van der Waals surface area contributed by atoms with Crippen LogP contribution in [0.25, 0.3) is 31.3 Å². The average Bonchev–Trinajstić information content (AvgIpc) is 1.31. The van der Waals surface area contributed by atoms with Gasteiger partial charge in [-0.05, 0) is 73.9 Å². The zero-order valence-corrected chi connectivity index (χ0v) is 56.4. The molecule has 0 bridgehead atoms. The summed E-state index contributed by atoms with van der Waals surface area (Å²) in [4.78, 5) is 54.2. The second kappa shape index (κ2) is 29.1. The summed E-state index contributed by atoms with van der Waals surface area (Å²) in [5, 5.41) is 21.4. The van der Waals surface area contributed by atoms with Crippen LogP contribution in [0, 0.1) is 17.5 Å². The maximum absolute atomic E-state index is 13.4. The SMILES string of the molecule is C.CN1C(C(=O)Nc2ccc(F)c(Cl)c2)CC(c2ncc(-c3cnn(C)c3)s2)NS1(=O)=O.CN1[C@@H](C(=O)Nc2ccc(F)c(Cl)c2)C[C@@H](c2ncc(-c3cnn(C)c3)s2)NS1(=O)=O.CN1[C@H](C(=O)Nc2ccc(F)c(Cl)c2)C[C@H](c2ncc(-c3cnn(C)c3)s2)NS1(=O)=O. The van der Waals surface area contributed by atoms with Gasteiger partial charge in [0.2, 0.25) is 17.7 Å². The van der Waals surface area contributed by atoms with Crippen LogP contribution in [0.4, 0.5) is 30.2 Å². The zero-order valence-electron chi connectivity index (χ0n) is 49.2. The Kier molecular flexibility index (Phi) is 22.0. The Morgan fingerprint density at radius 1 is 0.457 bits per heavy atom. The van der Waals surface area contributed by atoms with Crippen LogP contribution in [0.2, 0.25) is 15.1 Å². The van der Waals surface area contributed by atoms with Crippen molar-refractivity contribution in [1.82, 2.24) is 71.4 Å². The predicted molar refractivity (Wildman–Crippen MR) is 353 cm³/mol. The van der Waals surface area contributed by atoms with Gasteiger partial charge in [-0.15, -0.1) is 34.0 Å². The largest absolute Gasteiger partial charge is 0.325 e. The van der Waals surface area contributed by atoms with Crippen molar-refractivity contribution in [2.75, 3.05) is 37.1 Å². The number of benzene rings is 3. The van der Waals surface area contributed by atoms with Gasteiger partial charge >= 0.3 is 0 Å². The van der Waals surface area contributed by atoms with Gasteiger partial charge < -0.3 is 16.0 Å². The van der Waals surface area contributed by atoms with Crippen molar-refractivity contribution >= 4 is 134 Å². The Labute approximate surface area is 564 Å². The number of amides is 3. The van der Waals surface area contributed by atoms with Crippen molar-refractivity contribution in [3.05, 3.63) is 158 Å². The van der Waals surface area contributed by atoms with Crippen LogP contribution in [-0.4, -0.2) is 139 Å². The first-order valence-electron chi connectivity index (χ1n) is 27.3. The van der Waals surface area contributed by atoms with Gasteiger partial charge in [0.05, 0.1) is 66.4 Å². The van der Waals surface area contributed by atoms with Crippen LogP contribution in [0.3, 0.4) is 0 Å². The lowest BCUT2D eigenvalue weighted by molar-refractivity contribution is -0.120. The minimum Gasteiger partial charge on any atom is -0.325 e. The van der Waals surface area contributed by atoms with E-state index in [1.807, 2.05) is 18.6 Å². The van der Waals surface area contributed by atoms with Crippen LogP contribution >= 0.6 is 68.8 Å². The number of aryl methyl sites for hydroxylation is 3. The Hall–Kier alpha value is -7.14. The van der Waals surface area contributed by atoms with Crippen LogP contribution < -0.4 is 30.1 Å². The van der Waals surface area contributed by atoms with Gasteiger partial charge in [0, 0.05) is 113 Å². The van der Waals surface area contributed by atoms with Crippen LogP contribution in [0.1, 0.15) is 59.8 Å². The van der Waals surface area contributed by atoms with E-state index in [0.717, 1.165) is 62.4 Å². The molecule has 3 aliphatic rings. The molecule has 9 aromatic rings. The summed E-state index contributed by atoms with van der Waals surface area (Å²) in [7, 11) is -2.41. The molecule has 3 amide bonds. The molecule has 94 heavy (non-hydrogen) atoms. The van der Waals surface area contributed by atoms with Gasteiger partial charge in [0.25, 0.3) is 30.6 Å². The van der Waals surface area contributed by atoms with Crippen molar-refractivity contribution in [2.24, 2.45) is 21.1 Å². The maximum atomic E-state index is 13.4. The fourth-order valence-electron chi connectivity index (χ4n) is 9.61. The predicted octanol–water partition coefficient (Wildman–Crippen LogP) is 8.30. The van der Waals surface area contributed by atoms with E-state index in [4.69, 9.17) is 34.8 Å². The molecule has 0 aliphatic carbocycles. The lowest BCUT2D eigenvalue weighted by atomic mass is 10.1. The van der Waals surface area contributed by atoms with E-state index in [9.17, 15) is 52.8 Å². The van der Waals surface area contributed by atoms with Crippen molar-refractivity contribution < 1.29 is 52.8 Å². The molecule has 12 rings (SSSR count). The second-order valence-electron chi connectivity index (χ2n) is 21.1. The van der Waals surface area contributed by atoms with Gasteiger partial charge in [-0.1, -0.05) is 42.2 Å². The van der Waals surface area contributed by atoms with Crippen molar-refractivity contribution in [1.29, 1.82) is 0 Å². The molecule has 0 radical (unpaired) electrons. The number of likely N-dealkylation sites (N-methyl/N-ethyl adjacent to an activating group) is 3. The molecule has 500 valence electrons. The fourth-order valence-corrected chi connectivity index (χ4v) is 17.0. The van der Waals surface area contributed by atoms with Gasteiger partial charge in [-0.2, -0.15) is 67.6 Å². The first-order chi connectivity index (χ1) is 43.9. The highest BCUT2D eigenvalue weighted by atomic mass is 35.5. The van der Waals surface area contributed by atoms with Crippen molar-refractivity contribution in [2.45, 2.75) is 62.9 Å². The highest BCUT2D eigenvalue weighted by Crippen LogP contribution is 2.38. The number of anilines is 3. The Balaban J connectivity index is 0.000000165. The molecule has 27 nitrogen and oxygen atoms in total. The third-order valence-corrected chi connectivity index (χ3v) is 23.7. The standard InChI is InChI=1S/3C18H18ClFN6O3S2.CH4/c3*1-25-9-10(7-22-25)16-8-21-18(30-16)14-6-15(26(2)31(28,29)24-14)17(27)23-11-3-4-13(20)12(19)5-11;/h3*3-5,7-9,14-15,24H,6H2,1-2H3,(H,23,27);1H4/t2*14-,15+;;/m10../s1. The van der Waals surface area contributed by atoms with E-state index < -0.39 is 102 Å². The van der Waals surface area contributed by atoms with E-state index >= 15 is 0 Å². The normalized spacial score (nSPS) is 20.9. The molecular formula is C55H58Cl3F3N18O9S6. The number of halogens is 6. The molecule has 6 aromatic heterocycles. The molecule has 39 heteroatoms. The first kappa shape index (κ1) is 71.2. The van der Waals surface area contributed by atoms with E-state index in [1.54, 1.807) is 72.4 Å². The molecule has 0 saturated carbocycles. The smallest absolute Gasteiger partial charge is 0.280 e. The highest BCUT2D eigenvalue weighted by molar-refractivity contribution is 7.87. The molecule has 0 spiro atoms. The minimum absolute atomic E-state index is 0. The fraction of sp³-hybridized carbons (Fsp3) is 0.291. The summed E-state index contributed by atoms with van der Waals surface area (Å²) < 4.78 is 132. The topological polar surface area (TPSA) is 328 Å². The Bertz CT molecular complexity index is 4190. The molecule has 3 fully saturated rings. The number of nitrogens with zero attached hydrogens (tertiary/aromatic N) is 12. The van der Waals surface area contributed by atoms with E-state index in [-0.39, 0.29) is 58.8 Å². The molecular weight excluding hydrogens is 1410 g/mol. The zero-order chi connectivity index (χ0) is 67.0. The molecule has 9 heterocycles. The van der Waals surface area contributed by atoms with Crippen LogP contribution in [0.5, 0.6) is 0 Å². The summed E-state index contributed by atoms with van der Waals surface area (Å²) in [6.45, 7) is 0. The third-order valence-electron chi connectivity index (χ3n) is 14.6. The molecule has 3 aliphatic heterocycles. The number of hydrogen-bond acceptors (Lipinski definition) is 18. The number of rotatable bonds is 12. The number of thiazole rings is 3. The van der Waals surface area contributed by atoms with E-state index in [1.165, 1.54) is 91.6 Å². The summed E-state index contributed by atoms with van der Waals surface area (Å²) in [5.74, 6) is -3.50. The van der Waals surface area contributed by atoms with Gasteiger partial charge in [-0.3, -0.25) is 28.4 Å². The molecule has 2 unspecified atom stereocenters. The van der Waals surface area contributed by atoms with E-state index in [0.29, 0.717) is 15.0 Å². The van der Waals surface area contributed by atoms with Crippen LogP contribution in [0.15, 0.2) is 110 Å². The number of carbonyl (C=O) groups is 3. The van der Waals surface area contributed by atoms with Crippen molar-refractivity contribution in [3.8, 4) is 31.3 Å². The Morgan fingerprint density at radius 2 is 0.713 bits per heavy atom. The summed E-state index contributed by atoms with van der Waals surface area (Å²) in [5.41, 5.74) is 3.40. The highest BCUT2D eigenvalue weighted by Gasteiger charge is 2.45. The van der Waals surface area contributed by atoms with E-state index in [2.05, 4.69) is 60.4 Å². The Morgan fingerprint density at radius 3 is 0.936 bits per heavy atom. The monoisotopic (exact) mass is 1470 g/mol. The summed E-state index contributed by atoms with van der Waals surface area (Å²) in [6, 6.07) is 6.22. The van der Waals surface area contributed by atoms with Gasteiger partial charge in [0.1, 0.15) is 50.6 Å². The maximum Gasteiger partial charge on any atom is 0.280 e. The van der Waals surface area contributed by atoms with Crippen LogP contribution in [-0.2, 0) is 66.2 Å². The van der Waals surface area contributed by atoms with Gasteiger partial charge in [-0.25, -0.2) is 28.1 Å². The molecule has 6 atom stereocenters. The second-order valence-corrected chi connectivity index (χ2v) is 30.8. The van der Waals surface area contributed by atoms with Gasteiger partial charge in [0.15, 0.2) is 0 Å². The lowest BCUT2D eigenvalue weighted by Crippen LogP contribution is -2.55. The summed E-state index contributed by atoms with van der Waals surface area (Å²) in [6.07, 6.45) is 16.0. The quantitative estimate of drug-likeness (QED) is 0.0670. The number of nitrogens with one attached hydrogen (secondary N) is 6. The minimum atomic E-state index is -3.92. The first-order valence-corrected chi connectivity index (χ1v) is 35.2. The van der Waals surface area contributed by atoms with Crippen molar-refractivity contribution in [3.63, 3.8) is 0 Å². The summed E-state index contributed by atoms with van der Waals surface area (Å²) >= 11 is 21.3. The lowest BCUT2D eigenvalue weighted by Gasteiger charge is -2.35. The molecule has 6 N–H and O–H groups in total. The third kappa shape index (κ3) is 16.4. The number of carbonyl (C=O) groups excluding carboxylic acids is 3. The molecule has 3 aromatic carbocycles. The molecule has 3 saturated heterocycles.